The van der Waals surface area contributed by atoms with E-state index in [-0.39, 0.29) is 18.4 Å². The molecule has 3 aromatic carbocycles. The first-order valence-corrected chi connectivity index (χ1v) is 13.2. The Morgan fingerprint density at radius 3 is 2.54 bits per heavy atom. The van der Waals surface area contributed by atoms with Crippen LogP contribution in [0, 0.1) is 0 Å². The van der Waals surface area contributed by atoms with Crippen LogP contribution in [-0.4, -0.2) is 52.8 Å². The lowest BCUT2D eigenvalue weighted by Crippen LogP contribution is -2.42. The molecule has 0 saturated heterocycles. The van der Waals surface area contributed by atoms with Gasteiger partial charge in [-0.3, -0.25) is 14.7 Å². The molecule has 0 fully saturated rings. The molecule has 0 aliphatic carbocycles. The summed E-state index contributed by atoms with van der Waals surface area (Å²) in [5.41, 5.74) is 9.85. The van der Waals surface area contributed by atoms with E-state index in [0.717, 1.165) is 41.0 Å². The first kappa shape index (κ1) is 26.4. The maximum Gasteiger partial charge on any atom is 0.267 e. The Labute approximate surface area is 228 Å². The molecular formula is C32H33N3O4. The number of aliphatic hydroxyl groups is 1. The number of carbonyl (C=O) groups excluding carboxylic acids is 1. The SMILES string of the molecule is NC(=O)c1cc(-c2ccc3c(c2)CCC(CN(Cc2ccccc2)CC(O)COc2ccccc2)O3)ccn1. The van der Waals surface area contributed by atoms with Gasteiger partial charge in [-0.2, -0.15) is 0 Å². The van der Waals surface area contributed by atoms with Crippen molar-refractivity contribution in [2.45, 2.75) is 31.6 Å². The van der Waals surface area contributed by atoms with Crippen molar-refractivity contribution in [1.82, 2.24) is 9.88 Å². The number of nitrogens with zero attached hydrogens (tertiary/aromatic N) is 2. The van der Waals surface area contributed by atoms with E-state index in [2.05, 4.69) is 28.1 Å². The summed E-state index contributed by atoms with van der Waals surface area (Å²) in [7, 11) is 0. The molecule has 0 bridgehead atoms. The van der Waals surface area contributed by atoms with E-state index in [1.54, 1.807) is 12.3 Å². The Morgan fingerprint density at radius 1 is 1.03 bits per heavy atom. The van der Waals surface area contributed by atoms with Gasteiger partial charge in [-0.15, -0.1) is 0 Å². The number of ether oxygens (including phenoxy) is 2. The van der Waals surface area contributed by atoms with Crippen LogP contribution in [0.25, 0.3) is 11.1 Å². The van der Waals surface area contributed by atoms with Crippen molar-refractivity contribution < 1.29 is 19.4 Å². The zero-order valence-electron chi connectivity index (χ0n) is 21.8. The average Bonchev–Trinajstić information content (AvgIpc) is 2.97. The molecule has 7 heteroatoms. The number of fused-ring (bicyclic) bond motifs is 1. The van der Waals surface area contributed by atoms with Crippen molar-refractivity contribution in [2.24, 2.45) is 5.73 Å². The molecule has 5 rings (SSSR count). The van der Waals surface area contributed by atoms with Crippen molar-refractivity contribution in [3.63, 3.8) is 0 Å². The highest BCUT2D eigenvalue weighted by molar-refractivity contribution is 5.92. The number of aryl methyl sites for hydroxylation is 1. The molecule has 0 radical (unpaired) electrons. The van der Waals surface area contributed by atoms with Crippen LogP contribution in [0.1, 0.15) is 28.0 Å². The van der Waals surface area contributed by atoms with Crippen LogP contribution in [0.15, 0.2) is 97.2 Å². The number of carbonyl (C=O) groups is 1. The lowest BCUT2D eigenvalue weighted by atomic mass is 9.96. The zero-order chi connectivity index (χ0) is 27.0. The van der Waals surface area contributed by atoms with Crippen LogP contribution in [0.4, 0.5) is 0 Å². The van der Waals surface area contributed by atoms with Crippen molar-refractivity contribution >= 4 is 5.91 Å². The molecule has 2 unspecified atom stereocenters. The Kier molecular flexibility index (Phi) is 8.51. The van der Waals surface area contributed by atoms with Gasteiger partial charge in [0.05, 0.1) is 0 Å². The summed E-state index contributed by atoms with van der Waals surface area (Å²) in [6.45, 7) is 2.08. The largest absolute Gasteiger partial charge is 0.491 e. The predicted molar refractivity (Wildman–Crippen MR) is 151 cm³/mol. The molecule has 3 N–H and O–H groups in total. The number of nitrogens with two attached hydrogens (primary N) is 1. The minimum Gasteiger partial charge on any atom is -0.491 e. The van der Waals surface area contributed by atoms with Gasteiger partial charge in [0.2, 0.25) is 0 Å². The van der Waals surface area contributed by atoms with E-state index in [1.165, 1.54) is 5.56 Å². The number of hydrogen-bond donors (Lipinski definition) is 2. The van der Waals surface area contributed by atoms with Gasteiger partial charge >= 0.3 is 0 Å². The molecule has 7 nitrogen and oxygen atoms in total. The lowest BCUT2D eigenvalue weighted by molar-refractivity contribution is 0.0434. The molecule has 2 heterocycles. The summed E-state index contributed by atoms with van der Waals surface area (Å²) in [5.74, 6) is 1.07. The summed E-state index contributed by atoms with van der Waals surface area (Å²) >= 11 is 0. The number of para-hydroxylation sites is 1. The van der Waals surface area contributed by atoms with Gasteiger partial charge < -0.3 is 20.3 Å². The number of aliphatic hydroxyl groups excluding tert-OH is 1. The van der Waals surface area contributed by atoms with Crippen LogP contribution < -0.4 is 15.2 Å². The third-order valence-electron chi connectivity index (χ3n) is 6.80. The standard InChI is InChI=1S/C32H33N3O4/c33-32(37)30-18-25(15-16-34-30)24-12-14-31-26(17-24)11-13-29(39-31)21-35(19-23-7-3-1-4-8-23)20-27(36)22-38-28-9-5-2-6-10-28/h1-10,12,14-18,27,29,36H,11,13,19-22H2,(H2,33,37). The molecule has 2 atom stereocenters. The first-order chi connectivity index (χ1) is 19.0. The molecule has 39 heavy (non-hydrogen) atoms. The van der Waals surface area contributed by atoms with E-state index in [0.29, 0.717) is 19.6 Å². The quantitative estimate of drug-likeness (QED) is 0.301. The maximum atomic E-state index is 11.5. The van der Waals surface area contributed by atoms with Crippen molar-refractivity contribution in [1.29, 1.82) is 0 Å². The van der Waals surface area contributed by atoms with Crippen molar-refractivity contribution in [3.05, 3.63) is 114 Å². The number of benzene rings is 3. The normalized spacial score (nSPS) is 15.3. The number of hydrogen-bond acceptors (Lipinski definition) is 6. The number of pyridine rings is 1. The predicted octanol–water partition coefficient (Wildman–Crippen LogP) is 4.48. The van der Waals surface area contributed by atoms with Crippen molar-refractivity contribution in [3.8, 4) is 22.6 Å². The van der Waals surface area contributed by atoms with E-state index in [9.17, 15) is 9.90 Å². The Balaban J connectivity index is 1.24. The second kappa shape index (κ2) is 12.6. The van der Waals surface area contributed by atoms with Crippen LogP contribution in [0.3, 0.4) is 0 Å². The molecule has 1 aromatic heterocycles. The number of primary amides is 1. The number of amides is 1. The van der Waals surface area contributed by atoms with E-state index in [1.807, 2.05) is 66.7 Å². The number of aromatic nitrogens is 1. The average molecular weight is 524 g/mol. The van der Waals surface area contributed by atoms with Gasteiger partial charge in [-0.25, -0.2) is 0 Å². The van der Waals surface area contributed by atoms with E-state index < -0.39 is 12.0 Å². The summed E-state index contributed by atoms with van der Waals surface area (Å²) in [5, 5.41) is 10.8. The van der Waals surface area contributed by atoms with Gasteiger partial charge in [-0.05, 0) is 71.5 Å². The maximum absolute atomic E-state index is 11.5. The lowest BCUT2D eigenvalue weighted by Gasteiger charge is -2.32. The monoisotopic (exact) mass is 523 g/mol. The Hall–Kier alpha value is -4.20. The fourth-order valence-electron chi connectivity index (χ4n) is 4.89. The van der Waals surface area contributed by atoms with Gasteiger partial charge in [0.15, 0.2) is 0 Å². The Bertz CT molecular complexity index is 1380. The highest BCUT2D eigenvalue weighted by Gasteiger charge is 2.24. The topological polar surface area (TPSA) is 97.9 Å². The van der Waals surface area contributed by atoms with Crippen molar-refractivity contribution in [2.75, 3.05) is 19.7 Å². The molecule has 1 aliphatic heterocycles. The summed E-state index contributed by atoms with van der Waals surface area (Å²) in [6.07, 6.45) is 2.69. The molecule has 0 spiro atoms. The highest BCUT2D eigenvalue weighted by atomic mass is 16.5. The fourth-order valence-corrected chi connectivity index (χ4v) is 4.89. The molecule has 0 saturated carbocycles. The van der Waals surface area contributed by atoms with Crippen LogP contribution in [0.5, 0.6) is 11.5 Å². The van der Waals surface area contributed by atoms with Crippen LogP contribution >= 0.6 is 0 Å². The summed E-state index contributed by atoms with van der Waals surface area (Å²) in [6, 6.07) is 29.5. The summed E-state index contributed by atoms with van der Waals surface area (Å²) in [4.78, 5) is 17.8. The van der Waals surface area contributed by atoms with Gasteiger partial charge in [0, 0.05) is 25.8 Å². The van der Waals surface area contributed by atoms with Gasteiger partial charge in [0.1, 0.15) is 36.0 Å². The van der Waals surface area contributed by atoms with E-state index in [4.69, 9.17) is 15.2 Å². The Morgan fingerprint density at radius 2 is 1.77 bits per heavy atom. The van der Waals surface area contributed by atoms with Crippen LogP contribution in [-0.2, 0) is 13.0 Å². The minimum absolute atomic E-state index is 0.00306. The highest BCUT2D eigenvalue weighted by Crippen LogP contribution is 2.32. The third-order valence-corrected chi connectivity index (χ3v) is 6.80. The molecule has 1 aliphatic rings. The zero-order valence-corrected chi connectivity index (χ0v) is 21.8. The van der Waals surface area contributed by atoms with Gasteiger partial charge in [-0.1, -0.05) is 54.6 Å². The van der Waals surface area contributed by atoms with E-state index >= 15 is 0 Å². The second-order valence-corrected chi connectivity index (χ2v) is 9.85. The third kappa shape index (κ3) is 7.22. The minimum atomic E-state index is -0.641. The number of rotatable bonds is 11. The molecule has 4 aromatic rings. The molecule has 1 amide bonds. The fraction of sp³-hybridized carbons (Fsp3) is 0.250. The smallest absolute Gasteiger partial charge is 0.267 e. The molecule has 200 valence electrons. The second-order valence-electron chi connectivity index (χ2n) is 9.85. The first-order valence-electron chi connectivity index (χ1n) is 13.2. The van der Waals surface area contributed by atoms with Gasteiger partial charge in [0.25, 0.3) is 5.91 Å². The molecular weight excluding hydrogens is 490 g/mol. The van der Waals surface area contributed by atoms with Crippen LogP contribution in [0.2, 0.25) is 0 Å². The summed E-state index contributed by atoms with van der Waals surface area (Å²) < 4.78 is 12.2.